The van der Waals surface area contributed by atoms with Crippen LogP contribution in [-0.4, -0.2) is 49.0 Å². The van der Waals surface area contributed by atoms with Crippen LogP contribution in [0.5, 0.6) is 0 Å². The molecular formula is C20H21FN4O2S. The van der Waals surface area contributed by atoms with Gasteiger partial charge in [-0.3, -0.25) is 4.79 Å². The van der Waals surface area contributed by atoms with Crippen molar-refractivity contribution in [1.82, 2.24) is 15.2 Å². The number of piperazine rings is 1. The molecule has 8 heteroatoms. The largest absolute Gasteiger partial charge is 0.459 e. The quantitative estimate of drug-likeness (QED) is 0.713. The zero-order valence-electron chi connectivity index (χ0n) is 15.5. The Labute approximate surface area is 166 Å². The molecule has 1 N–H and O–H groups in total. The molecule has 0 radical (unpaired) electrons. The Balaban J connectivity index is 1.34. The second-order valence-corrected chi connectivity index (χ2v) is 7.76. The first-order valence-corrected chi connectivity index (χ1v) is 9.92. The third-order valence-corrected chi connectivity index (χ3v) is 5.76. The van der Waals surface area contributed by atoms with E-state index in [2.05, 4.69) is 27.1 Å². The van der Waals surface area contributed by atoms with E-state index in [1.807, 2.05) is 6.07 Å². The van der Waals surface area contributed by atoms with Crippen LogP contribution in [0.3, 0.4) is 0 Å². The molecule has 4 rings (SSSR count). The van der Waals surface area contributed by atoms with Crippen LogP contribution in [0.2, 0.25) is 0 Å². The van der Waals surface area contributed by atoms with Crippen LogP contribution in [0, 0.1) is 5.82 Å². The molecule has 6 nitrogen and oxygen atoms in total. The van der Waals surface area contributed by atoms with E-state index in [9.17, 15) is 9.18 Å². The summed E-state index contributed by atoms with van der Waals surface area (Å²) in [5.74, 6) is 0.816. The van der Waals surface area contributed by atoms with Gasteiger partial charge in [-0.25, -0.2) is 9.37 Å². The highest BCUT2D eigenvalue weighted by atomic mass is 32.1. The minimum atomic E-state index is -0.289. The van der Waals surface area contributed by atoms with Gasteiger partial charge >= 0.3 is 0 Å². The van der Waals surface area contributed by atoms with E-state index in [1.165, 1.54) is 23.5 Å². The monoisotopic (exact) mass is 400 g/mol. The lowest BCUT2D eigenvalue weighted by Crippen LogP contribution is -2.44. The average molecular weight is 400 g/mol. The first kappa shape index (κ1) is 18.6. The number of halogens is 1. The highest BCUT2D eigenvalue weighted by molar-refractivity contribution is 7.17. The van der Waals surface area contributed by atoms with Gasteiger partial charge in [0, 0.05) is 31.7 Å². The molecule has 0 saturated carbocycles. The maximum atomic E-state index is 13.0. The summed E-state index contributed by atoms with van der Waals surface area (Å²) in [6.07, 6.45) is 1.62. The van der Waals surface area contributed by atoms with Gasteiger partial charge in [-0.2, -0.15) is 0 Å². The van der Waals surface area contributed by atoms with Gasteiger partial charge in [-0.15, -0.1) is 0 Å². The number of thiazole rings is 1. The molecule has 1 fully saturated rings. The molecule has 0 bridgehead atoms. The van der Waals surface area contributed by atoms with Crippen molar-refractivity contribution in [2.24, 2.45) is 0 Å². The number of nitrogens with zero attached hydrogens (tertiary/aromatic N) is 3. The Hall–Kier alpha value is -2.71. The zero-order valence-corrected chi connectivity index (χ0v) is 16.3. The van der Waals surface area contributed by atoms with E-state index in [1.54, 1.807) is 24.4 Å². The molecule has 1 aliphatic rings. The van der Waals surface area contributed by atoms with Crippen molar-refractivity contribution < 1.29 is 13.6 Å². The summed E-state index contributed by atoms with van der Waals surface area (Å²) in [7, 11) is 2.11. The van der Waals surface area contributed by atoms with Crippen molar-refractivity contribution in [2.75, 3.05) is 38.1 Å². The molecule has 0 spiro atoms. The van der Waals surface area contributed by atoms with Gasteiger partial charge in [0.1, 0.15) is 22.2 Å². The predicted octanol–water partition coefficient (Wildman–Crippen LogP) is 3.22. The summed E-state index contributed by atoms with van der Waals surface area (Å²) in [6, 6.07) is 9.72. The molecule has 1 aliphatic heterocycles. The Kier molecular flexibility index (Phi) is 5.40. The summed E-state index contributed by atoms with van der Waals surface area (Å²) < 4.78 is 18.8. The molecule has 1 aromatic carbocycles. The standard InChI is InChI=1S/C20H21FN4O2S/c1-24-8-10-25(11-9-24)20-23-13-18(28-20)19(26)22-12-16-6-7-17(27-16)14-2-4-15(21)5-3-14/h2-7,13H,8-12H2,1H3,(H,22,26). The zero-order chi connectivity index (χ0) is 19.5. The van der Waals surface area contributed by atoms with Crippen LogP contribution in [0.4, 0.5) is 9.52 Å². The first-order chi connectivity index (χ1) is 13.6. The van der Waals surface area contributed by atoms with Crippen LogP contribution in [0.15, 0.2) is 47.0 Å². The molecule has 1 amide bonds. The lowest BCUT2D eigenvalue weighted by Gasteiger charge is -2.32. The molecule has 0 atom stereocenters. The van der Waals surface area contributed by atoms with E-state index >= 15 is 0 Å². The van der Waals surface area contributed by atoms with Gasteiger partial charge in [0.25, 0.3) is 5.91 Å². The molecule has 0 unspecified atom stereocenters. The smallest absolute Gasteiger partial charge is 0.263 e. The normalized spacial score (nSPS) is 15.0. The van der Waals surface area contributed by atoms with Crippen molar-refractivity contribution in [2.45, 2.75) is 6.54 Å². The van der Waals surface area contributed by atoms with Gasteiger partial charge in [-0.05, 0) is 43.4 Å². The lowest BCUT2D eigenvalue weighted by atomic mass is 10.2. The lowest BCUT2D eigenvalue weighted by molar-refractivity contribution is 0.0952. The summed E-state index contributed by atoms with van der Waals surface area (Å²) >= 11 is 1.41. The van der Waals surface area contributed by atoms with Crippen LogP contribution < -0.4 is 10.2 Å². The van der Waals surface area contributed by atoms with Crippen LogP contribution in [0.25, 0.3) is 11.3 Å². The van der Waals surface area contributed by atoms with Crippen molar-refractivity contribution >= 4 is 22.4 Å². The Morgan fingerprint density at radius 3 is 2.68 bits per heavy atom. The third kappa shape index (κ3) is 4.23. The fraction of sp³-hybridized carbons (Fsp3) is 0.300. The fourth-order valence-electron chi connectivity index (χ4n) is 3.01. The van der Waals surface area contributed by atoms with Gasteiger partial charge in [0.2, 0.25) is 0 Å². The van der Waals surface area contributed by atoms with Crippen LogP contribution >= 0.6 is 11.3 Å². The number of benzene rings is 1. The number of likely N-dealkylation sites (N-methyl/N-ethyl adjacent to an activating group) is 1. The molecule has 1 saturated heterocycles. The highest BCUT2D eigenvalue weighted by Gasteiger charge is 2.19. The predicted molar refractivity (Wildman–Crippen MR) is 107 cm³/mol. The minimum absolute atomic E-state index is 0.169. The number of amides is 1. The second kappa shape index (κ2) is 8.12. The molecule has 2 aromatic heterocycles. The molecule has 3 aromatic rings. The fourth-order valence-corrected chi connectivity index (χ4v) is 3.89. The van der Waals surface area contributed by atoms with Crippen molar-refractivity contribution in [3.63, 3.8) is 0 Å². The molecule has 146 valence electrons. The number of anilines is 1. The average Bonchev–Trinajstić information content (AvgIpc) is 3.37. The van der Waals surface area contributed by atoms with E-state index in [4.69, 9.17) is 4.42 Å². The maximum absolute atomic E-state index is 13.0. The van der Waals surface area contributed by atoms with Gasteiger partial charge < -0.3 is 19.5 Å². The Morgan fingerprint density at radius 1 is 1.18 bits per heavy atom. The Bertz CT molecular complexity index is 945. The first-order valence-electron chi connectivity index (χ1n) is 9.10. The topological polar surface area (TPSA) is 61.6 Å². The molecule has 28 heavy (non-hydrogen) atoms. The van der Waals surface area contributed by atoms with Gasteiger partial charge in [0.05, 0.1) is 12.7 Å². The number of hydrogen-bond acceptors (Lipinski definition) is 6. The summed E-state index contributed by atoms with van der Waals surface area (Å²) in [6.45, 7) is 4.11. The van der Waals surface area contributed by atoms with Crippen molar-refractivity contribution in [3.05, 3.63) is 59.0 Å². The number of rotatable bonds is 5. The van der Waals surface area contributed by atoms with Crippen molar-refractivity contribution in [1.29, 1.82) is 0 Å². The van der Waals surface area contributed by atoms with Crippen LogP contribution in [-0.2, 0) is 6.54 Å². The second-order valence-electron chi connectivity index (χ2n) is 6.75. The summed E-state index contributed by atoms with van der Waals surface area (Å²) in [4.78, 5) is 21.9. The Morgan fingerprint density at radius 2 is 1.93 bits per heavy atom. The minimum Gasteiger partial charge on any atom is -0.459 e. The third-order valence-electron chi connectivity index (χ3n) is 4.70. The molecule has 3 heterocycles. The van der Waals surface area contributed by atoms with Gasteiger partial charge in [0.15, 0.2) is 5.13 Å². The molecular weight excluding hydrogens is 379 g/mol. The number of furan rings is 1. The maximum Gasteiger partial charge on any atom is 0.263 e. The highest BCUT2D eigenvalue weighted by Crippen LogP contribution is 2.24. The van der Waals surface area contributed by atoms with Gasteiger partial charge in [-0.1, -0.05) is 11.3 Å². The summed E-state index contributed by atoms with van der Waals surface area (Å²) in [5.41, 5.74) is 0.790. The van der Waals surface area contributed by atoms with E-state index in [0.717, 1.165) is 36.9 Å². The number of aromatic nitrogens is 1. The number of nitrogens with one attached hydrogen (secondary N) is 1. The summed E-state index contributed by atoms with van der Waals surface area (Å²) in [5, 5.41) is 3.75. The number of hydrogen-bond donors (Lipinski definition) is 1. The van der Waals surface area contributed by atoms with E-state index in [0.29, 0.717) is 16.4 Å². The van der Waals surface area contributed by atoms with E-state index < -0.39 is 0 Å². The van der Waals surface area contributed by atoms with E-state index in [-0.39, 0.29) is 18.3 Å². The number of carbonyl (C=O) groups is 1. The van der Waals surface area contributed by atoms with Crippen LogP contribution in [0.1, 0.15) is 15.4 Å². The SMILES string of the molecule is CN1CCN(c2ncc(C(=O)NCc3ccc(-c4ccc(F)cc4)o3)s2)CC1. The van der Waals surface area contributed by atoms with Crippen molar-refractivity contribution in [3.8, 4) is 11.3 Å². The molecule has 0 aliphatic carbocycles. The number of carbonyl (C=O) groups excluding carboxylic acids is 1.